The van der Waals surface area contributed by atoms with Crippen LogP contribution < -0.4 is 9.46 Å². The predicted molar refractivity (Wildman–Crippen MR) is 107 cm³/mol. The zero-order chi connectivity index (χ0) is 18.6. The van der Waals surface area contributed by atoms with Gasteiger partial charge in [-0.2, -0.15) is 0 Å². The summed E-state index contributed by atoms with van der Waals surface area (Å²) in [6.45, 7) is 0. The summed E-state index contributed by atoms with van der Waals surface area (Å²) in [5.74, 6) is 1.30. The number of nitrogens with one attached hydrogen (secondary N) is 1. The molecule has 1 N–H and O–H groups in total. The summed E-state index contributed by atoms with van der Waals surface area (Å²) in [6.07, 6.45) is 3.23. The number of ether oxygens (including phenoxy) is 1. The number of anilines is 1. The molecule has 0 unspecified atom stereocenters. The number of rotatable bonds is 4. The van der Waals surface area contributed by atoms with Gasteiger partial charge in [-0.25, -0.2) is 4.39 Å². The number of nitrogens with zero attached hydrogens (tertiary/aromatic N) is 1. The van der Waals surface area contributed by atoms with Crippen molar-refractivity contribution in [1.82, 2.24) is 5.16 Å². The monoisotopic (exact) mass is 446 g/mol. The van der Waals surface area contributed by atoms with Gasteiger partial charge in [0, 0.05) is 21.0 Å². The van der Waals surface area contributed by atoms with Crippen LogP contribution in [-0.4, -0.2) is 12.3 Å². The third kappa shape index (κ3) is 2.75. The van der Waals surface area contributed by atoms with Crippen LogP contribution in [0.5, 0.6) is 5.75 Å². The Balaban J connectivity index is 1.48. The van der Waals surface area contributed by atoms with E-state index >= 15 is 0 Å². The molecule has 0 saturated heterocycles. The Kier molecular flexibility index (Phi) is 3.98. The third-order valence-electron chi connectivity index (χ3n) is 5.36. The van der Waals surface area contributed by atoms with Crippen LogP contribution in [0.1, 0.15) is 24.0 Å². The quantitative estimate of drug-likeness (QED) is 0.501. The summed E-state index contributed by atoms with van der Waals surface area (Å²) in [6, 6.07) is 11.4. The van der Waals surface area contributed by atoms with E-state index in [-0.39, 0.29) is 17.0 Å². The first-order chi connectivity index (χ1) is 13.1. The van der Waals surface area contributed by atoms with E-state index < -0.39 is 0 Å². The first kappa shape index (κ1) is 17.1. The molecule has 2 aromatic carbocycles. The van der Waals surface area contributed by atoms with Crippen LogP contribution in [0.3, 0.4) is 0 Å². The van der Waals surface area contributed by atoms with Crippen LogP contribution in [0.2, 0.25) is 0 Å². The summed E-state index contributed by atoms with van der Waals surface area (Å²) in [5, 5.41) is 4.23. The summed E-state index contributed by atoms with van der Waals surface area (Å²) in [7, 11) is 1.46. The van der Waals surface area contributed by atoms with E-state index in [9.17, 15) is 4.39 Å². The van der Waals surface area contributed by atoms with Gasteiger partial charge in [-0.1, -0.05) is 33.2 Å². The molecule has 5 rings (SSSR count). The molecular weight excluding hydrogens is 431 g/mol. The normalized spacial score (nSPS) is 16.0. The lowest BCUT2D eigenvalue weighted by Gasteiger charge is -2.24. The predicted octanol–water partition coefficient (Wildman–Crippen LogP) is 5.96. The molecule has 4 nitrogen and oxygen atoms in total. The largest absolute Gasteiger partial charge is 0.494 e. The van der Waals surface area contributed by atoms with Crippen LogP contribution in [-0.2, 0) is 11.8 Å². The molecule has 2 aliphatic rings. The molecule has 138 valence electrons. The number of benzene rings is 2. The van der Waals surface area contributed by atoms with Crippen molar-refractivity contribution in [2.75, 3.05) is 11.8 Å². The standard InChI is InChI=1S/C20H16BrFN2O2S/c1-25-15-3-2-4-16(17(15)22)27-24-19-13-10-20(7-8-20)14-6-5-11(21)9-12(14)18(13)26-23-19/h2-6,9H,7-8,10H2,1H3,(H,23,24). The molecule has 27 heavy (non-hydrogen) atoms. The SMILES string of the molecule is COc1cccc(SNc2noc3c2CC2(CC2)c2ccc(Br)cc2-3)c1F. The number of hydrogen-bond donors (Lipinski definition) is 1. The summed E-state index contributed by atoms with van der Waals surface area (Å²) in [5.41, 5.74) is 3.69. The highest BCUT2D eigenvalue weighted by Crippen LogP contribution is 2.58. The van der Waals surface area contributed by atoms with E-state index in [2.05, 4.69) is 44.0 Å². The van der Waals surface area contributed by atoms with E-state index in [4.69, 9.17) is 9.26 Å². The third-order valence-corrected chi connectivity index (χ3v) is 6.68. The lowest BCUT2D eigenvalue weighted by Crippen LogP contribution is -2.17. The Hall–Kier alpha value is -1.99. The average molecular weight is 447 g/mol. The molecule has 0 bridgehead atoms. The molecular formula is C20H16BrFN2O2S. The Morgan fingerprint density at radius 3 is 2.93 bits per heavy atom. The lowest BCUT2D eigenvalue weighted by molar-refractivity contribution is 0.381. The number of halogens is 2. The second kappa shape index (κ2) is 6.27. The maximum absolute atomic E-state index is 14.4. The number of hydrogen-bond acceptors (Lipinski definition) is 5. The number of methoxy groups -OCH3 is 1. The van der Waals surface area contributed by atoms with Gasteiger partial charge in [0.2, 0.25) is 0 Å². The van der Waals surface area contributed by atoms with E-state index in [1.807, 2.05) is 0 Å². The van der Waals surface area contributed by atoms with Crippen molar-refractivity contribution in [1.29, 1.82) is 0 Å². The van der Waals surface area contributed by atoms with Gasteiger partial charge in [0.15, 0.2) is 23.1 Å². The molecule has 7 heteroatoms. The van der Waals surface area contributed by atoms with Crippen LogP contribution in [0.4, 0.5) is 10.2 Å². The topological polar surface area (TPSA) is 47.3 Å². The average Bonchev–Trinajstić information content (AvgIpc) is 3.32. The zero-order valence-electron chi connectivity index (χ0n) is 14.5. The highest BCUT2D eigenvalue weighted by atomic mass is 79.9. The summed E-state index contributed by atoms with van der Waals surface area (Å²) >= 11 is 4.73. The lowest BCUT2D eigenvalue weighted by atomic mass is 9.79. The molecule has 1 heterocycles. The smallest absolute Gasteiger partial charge is 0.183 e. The zero-order valence-corrected chi connectivity index (χ0v) is 16.9. The maximum atomic E-state index is 14.4. The molecule has 0 aliphatic heterocycles. The number of aromatic nitrogens is 1. The second-order valence-electron chi connectivity index (χ2n) is 6.96. The Morgan fingerprint density at radius 1 is 1.30 bits per heavy atom. The first-order valence-corrected chi connectivity index (χ1v) is 10.3. The Morgan fingerprint density at radius 2 is 2.15 bits per heavy atom. The fourth-order valence-electron chi connectivity index (χ4n) is 3.79. The van der Waals surface area contributed by atoms with E-state index in [1.54, 1.807) is 18.2 Å². The molecule has 3 aromatic rings. The Labute approximate surface area is 168 Å². The fraction of sp³-hybridized carbons (Fsp3) is 0.250. The molecule has 1 saturated carbocycles. The minimum absolute atomic E-state index is 0.191. The van der Waals surface area contributed by atoms with Crippen molar-refractivity contribution in [3.8, 4) is 17.1 Å². The second-order valence-corrected chi connectivity index (χ2v) is 8.73. The van der Waals surface area contributed by atoms with Crippen LogP contribution in [0.15, 0.2) is 50.3 Å². The van der Waals surface area contributed by atoms with Crippen LogP contribution >= 0.6 is 27.9 Å². The van der Waals surface area contributed by atoms with E-state index in [1.165, 1.54) is 37.5 Å². The van der Waals surface area contributed by atoms with Crippen molar-refractivity contribution in [3.63, 3.8) is 0 Å². The molecule has 1 aromatic heterocycles. The molecule has 1 fully saturated rings. The van der Waals surface area contributed by atoms with Gasteiger partial charge in [-0.15, -0.1) is 0 Å². The maximum Gasteiger partial charge on any atom is 0.183 e. The van der Waals surface area contributed by atoms with Crippen LogP contribution in [0, 0.1) is 5.82 Å². The molecule has 1 spiro atoms. The van der Waals surface area contributed by atoms with Gasteiger partial charge in [0.25, 0.3) is 0 Å². The minimum Gasteiger partial charge on any atom is -0.494 e. The van der Waals surface area contributed by atoms with Gasteiger partial charge in [0.1, 0.15) is 0 Å². The highest BCUT2D eigenvalue weighted by Gasteiger charge is 2.50. The fourth-order valence-corrected chi connectivity index (χ4v) is 4.86. The van der Waals surface area contributed by atoms with Crippen molar-refractivity contribution >= 4 is 33.7 Å². The molecule has 0 radical (unpaired) electrons. The van der Waals surface area contributed by atoms with Crippen molar-refractivity contribution in [3.05, 3.63) is 57.8 Å². The molecule has 0 atom stereocenters. The van der Waals surface area contributed by atoms with Crippen molar-refractivity contribution in [2.24, 2.45) is 0 Å². The molecule has 0 amide bonds. The van der Waals surface area contributed by atoms with Gasteiger partial charge in [-0.05, 0) is 61.0 Å². The first-order valence-electron chi connectivity index (χ1n) is 8.66. The van der Waals surface area contributed by atoms with Gasteiger partial charge >= 0.3 is 0 Å². The molecule has 2 aliphatic carbocycles. The van der Waals surface area contributed by atoms with Crippen molar-refractivity contribution < 1.29 is 13.7 Å². The number of fused-ring (bicyclic) bond motifs is 4. The van der Waals surface area contributed by atoms with Gasteiger partial charge in [0.05, 0.1) is 12.0 Å². The van der Waals surface area contributed by atoms with Crippen LogP contribution in [0.25, 0.3) is 11.3 Å². The summed E-state index contributed by atoms with van der Waals surface area (Å²) in [4.78, 5) is 0.450. The highest BCUT2D eigenvalue weighted by molar-refractivity contribution is 9.10. The summed E-state index contributed by atoms with van der Waals surface area (Å²) < 4.78 is 29.3. The van der Waals surface area contributed by atoms with Gasteiger partial charge in [-0.3, -0.25) is 0 Å². The van der Waals surface area contributed by atoms with Crippen molar-refractivity contribution in [2.45, 2.75) is 29.6 Å². The Bertz CT molecular complexity index is 1050. The van der Waals surface area contributed by atoms with E-state index in [0.717, 1.165) is 27.8 Å². The van der Waals surface area contributed by atoms with E-state index in [0.29, 0.717) is 10.7 Å². The van der Waals surface area contributed by atoms with Gasteiger partial charge < -0.3 is 14.0 Å². The minimum atomic E-state index is -0.386.